The Morgan fingerprint density at radius 2 is 1.67 bits per heavy atom. The molecule has 0 aliphatic heterocycles. The van der Waals surface area contributed by atoms with Crippen molar-refractivity contribution in [1.82, 2.24) is 0 Å². The van der Waals surface area contributed by atoms with E-state index in [1.54, 1.807) is 23.5 Å². The monoisotopic (exact) mass is 363 g/mol. The van der Waals surface area contributed by atoms with Gasteiger partial charge < -0.3 is 4.18 Å². The fourth-order valence-corrected chi connectivity index (χ4v) is 7.52. The molecule has 1 aromatic heterocycles. The minimum Gasteiger partial charge on any atom is -0.371 e. The summed E-state index contributed by atoms with van der Waals surface area (Å²) >= 11 is 1.80. The molecule has 0 radical (unpaired) electrons. The van der Waals surface area contributed by atoms with Crippen LogP contribution in [-0.4, -0.2) is 8.42 Å². The highest BCUT2D eigenvalue weighted by molar-refractivity contribution is 7.84. The van der Waals surface area contributed by atoms with E-state index < -0.39 is 10.3 Å². The van der Waals surface area contributed by atoms with Crippen molar-refractivity contribution in [2.24, 2.45) is 28.8 Å². The molecule has 4 bridgehead atoms. The van der Waals surface area contributed by atoms with Crippen LogP contribution in [0.25, 0.3) is 10.1 Å². The molecule has 0 amide bonds. The second-order valence-corrected chi connectivity index (χ2v) is 10.1. The molecule has 1 heterocycles. The third-order valence-corrected chi connectivity index (χ3v) is 7.90. The van der Waals surface area contributed by atoms with Crippen molar-refractivity contribution in [3.8, 4) is 5.75 Å². The van der Waals surface area contributed by atoms with Gasteiger partial charge in [0.2, 0.25) is 0 Å². The number of nitrogens with two attached hydrogens (primary N) is 1. The molecule has 1 aromatic carbocycles. The summed E-state index contributed by atoms with van der Waals surface area (Å²) in [6, 6.07) is 7.73. The zero-order chi connectivity index (χ0) is 16.5. The molecule has 6 rings (SSSR count). The molecule has 4 nitrogen and oxygen atoms in total. The van der Waals surface area contributed by atoms with Gasteiger partial charge in [-0.2, -0.15) is 13.6 Å². The summed E-state index contributed by atoms with van der Waals surface area (Å²) in [5.74, 6) is 4.67. The van der Waals surface area contributed by atoms with Gasteiger partial charge in [-0.1, -0.05) is 0 Å². The molecule has 0 spiro atoms. The Balaban J connectivity index is 1.49. The van der Waals surface area contributed by atoms with Crippen LogP contribution < -0.4 is 9.32 Å². The molecule has 4 aliphatic carbocycles. The van der Waals surface area contributed by atoms with Gasteiger partial charge in [0.25, 0.3) is 0 Å². The van der Waals surface area contributed by atoms with Crippen molar-refractivity contribution in [3.63, 3.8) is 0 Å². The van der Waals surface area contributed by atoms with Crippen LogP contribution in [0.1, 0.15) is 42.9 Å². The van der Waals surface area contributed by atoms with Gasteiger partial charge in [0.1, 0.15) is 5.75 Å². The van der Waals surface area contributed by atoms with Gasteiger partial charge in [-0.15, -0.1) is 11.3 Å². The Morgan fingerprint density at radius 3 is 2.29 bits per heavy atom. The maximum absolute atomic E-state index is 11.1. The van der Waals surface area contributed by atoms with Crippen LogP contribution in [0, 0.1) is 23.7 Å². The number of hydrogen-bond acceptors (Lipinski definition) is 4. The molecule has 6 heteroatoms. The van der Waals surface area contributed by atoms with E-state index in [1.807, 2.05) is 6.07 Å². The summed E-state index contributed by atoms with van der Waals surface area (Å²) < 4.78 is 28.1. The smallest absolute Gasteiger partial charge is 0.371 e. The predicted octanol–water partition coefficient (Wildman–Crippen LogP) is 4.02. The highest BCUT2D eigenvalue weighted by atomic mass is 32.2. The first-order valence-corrected chi connectivity index (χ1v) is 11.0. The molecule has 2 N–H and O–H groups in total. The summed E-state index contributed by atoms with van der Waals surface area (Å²) in [4.78, 5) is 1.48. The topological polar surface area (TPSA) is 69.4 Å². The second-order valence-electron chi connectivity index (χ2n) is 7.88. The van der Waals surface area contributed by atoms with Crippen LogP contribution in [-0.2, 0) is 10.3 Å². The summed E-state index contributed by atoms with van der Waals surface area (Å²) in [7, 11) is -3.97. The van der Waals surface area contributed by atoms with Crippen LogP contribution in [0.15, 0.2) is 24.3 Å². The lowest BCUT2D eigenvalue weighted by Gasteiger charge is -2.54. The molecule has 2 aromatic rings. The van der Waals surface area contributed by atoms with Crippen molar-refractivity contribution < 1.29 is 12.6 Å². The lowest BCUT2D eigenvalue weighted by molar-refractivity contribution is -0.00158. The molecule has 128 valence electrons. The molecule has 0 unspecified atom stereocenters. The Bertz CT molecular complexity index is 874. The molecular weight excluding hydrogens is 342 g/mol. The molecule has 24 heavy (non-hydrogen) atoms. The van der Waals surface area contributed by atoms with E-state index in [1.165, 1.54) is 42.4 Å². The number of benzene rings is 1. The second kappa shape index (κ2) is 5.19. The quantitative estimate of drug-likeness (QED) is 0.895. The largest absolute Gasteiger partial charge is 0.380 e. The van der Waals surface area contributed by atoms with Crippen molar-refractivity contribution in [3.05, 3.63) is 29.1 Å². The normalized spacial score (nSPS) is 34.8. The van der Waals surface area contributed by atoms with E-state index in [0.29, 0.717) is 11.7 Å². The van der Waals surface area contributed by atoms with E-state index in [9.17, 15) is 8.42 Å². The highest BCUT2D eigenvalue weighted by Gasteiger charge is 2.48. The van der Waals surface area contributed by atoms with Crippen LogP contribution in [0.4, 0.5) is 0 Å². The minimum atomic E-state index is -3.97. The van der Waals surface area contributed by atoms with Gasteiger partial charge in [0.05, 0.1) is 0 Å². The van der Waals surface area contributed by atoms with E-state index in [-0.39, 0.29) is 0 Å². The first-order chi connectivity index (χ1) is 11.4. The summed E-state index contributed by atoms with van der Waals surface area (Å²) in [5, 5.41) is 6.14. The van der Waals surface area contributed by atoms with E-state index >= 15 is 0 Å². The fourth-order valence-electron chi connectivity index (χ4n) is 5.77. The lowest BCUT2D eigenvalue weighted by Crippen LogP contribution is -2.43. The van der Waals surface area contributed by atoms with E-state index in [4.69, 9.17) is 9.32 Å². The predicted molar refractivity (Wildman–Crippen MR) is 95.3 cm³/mol. The average Bonchev–Trinajstić information content (AvgIpc) is 2.87. The Kier molecular flexibility index (Phi) is 3.28. The maximum Gasteiger partial charge on any atom is 0.380 e. The molecule has 4 aliphatic rings. The van der Waals surface area contributed by atoms with Gasteiger partial charge >= 0.3 is 10.3 Å². The number of thiophene rings is 1. The summed E-state index contributed by atoms with van der Waals surface area (Å²) in [6.07, 6.45) is 7.11. The Morgan fingerprint density at radius 1 is 1.00 bits per heavy atom. The van der Waals surface area contributed by atoms with Crippen molar-refractivity contribution in [2.45, 2.75) is 38.0 Å². The zero-order valence-corrected chi connectivity index (χ0v) is 15.0. The molecule has 0 saturated heterocycles. The van der Waals surface area contributed by atoms with Gasteiger partial charge in [0.15, 0.2) is 0 Å². The number of rotatable bonds is 3. The Hall–Kier alpha value is -1.11. The lowest BCUT2D eigenvalue weighted by atomic mass is 9.51. The fraction of sp³-hybridized carbons (Fsp3) is 0.556. The number of hydrogen-bond donors (Lipinski definition) is 1. The minimum absolute atomic E-state index is 0.295. The molecular formula is C18H21NO3S2. The SMILES string of the molecule is NS(=O)(=O)Oc1ccc2cc(C3C4CC5CC(C4)CC3C5)sc2c1. The van der Waals surface area contributed by atoms with Gasteiger partial charge in [-0.05, 0) is 91.3 Å². The molecule has 4 saturated carbocycles. The van der Waals surface area contributed by atoms with Crippen LogP contribution in [0.3, 0.4) is 0 Å². The van der Waals surface area contributed by atoms with Gasteiger partial charge in [-0.25, -0.2) is 0 Å². The molecule has 0 atom stereocenters. The van der Waals surface area contributed by atoms with Crippen LogP contribution >= 0.6 is 11.3 Å². The van der Waals surface area contributed by atoms with Crippen LogP contribution in [0.5, 0.6) is 5.75 Å². The Labute approximate surface area is 146 Å². The van der Waals surface area contributed by atoms with Crippen molar-refractivity contribution >= 4 is 31.7 Å². The maximum atomic E-state index is 11.1. The zero-order valence-electron chi connectivity index (χ0n) is 13.4. The van der Waals surface area contributed by atoms with Gasteiger partial charge in [-0.3, -0.25) is 0 Å². The summed E-state index contributed by atoms with van der Waals surface area (Å²) in [5.41, 5.74) is 0. The average molecular weight is 364 g/mol. The third kappa shape index (κ3) is 2.55. The number of fused-ring (bicyclic) bond motifs is 1. The van der Waals surface area contributed by atoms with E-state index in [2.05, 4.69) is 6.07 Å². The summed E-state index contributed by atoms with van der Waals surface area (Å²) in [6.45, 7) is 0. The standard InChI is InChI=1S/C18H21NO3S2/c19-24(20,21)22-15-2-1-12-8-17(23-16(12)9-15)18-13-4-10-3-11(6-13)7-14(18)5-10/h1-2,8-11,13-14,18H,3-7H2,(H2,19,20,21). The first-order valence-electron chi connectivity index (χ1n) is 8.70. The molecule has 4 fully saturated rings. The van der Waals surface area contributed by atoms with E-state index in [0.717, 1.165) is 28.4 Å². The third-order valence-electron chi connectivity index (χ3n) is 6.28. The van der Waals surface area contributed by atoms with Gasteiger partial charge in [0, 0.05) is 9.58 Å². The first kappa shape index (κ1) is 15.2. The van der Waals surface area contributed by atoms with Crippen molar-refractivity contribution in [2.75, 3.05) is 0 Å². The highest BCUT2D eigenvalue weighted by Crippen LogP contribution is 2.60. The van der Waals surface area contributed by atoms with Crippen molar-refractivity contribution in [1.29, 1.82) is 0 Å². The van der Waals surface area contributed by atoms with Crippen LogP contribution in [0.2, 0.25) is 0 Å².